The van der Waals surface area contributed by atoms with Crippen LogP contribution in [0.1, 0.15) is 31.4 Å². The lowest BCUT2D eigenvalue weighted by Crippen LogP contribution is -2.35. The van der Waals surface area contributed by atoms with Gasteiger partial charge in [0, 0.05) is 12.6 Å². The fourth-order valence-electron chi connectivity index (χ4n) is 1.49. The summed E-state index contributed by atoms with van der Waals surface area (Å²) in [5.41, 5.74) is 2.21. The zero-order chi connectivity index (χ0) is 13.5. The number of nitrogens with one attached hydrogen (secondary N) is 2. The highest BCUT2D eigenvalue weighted by molar-refractivity contribution is 5.96. The Kier molecular flexibility index (Phi) is 5.36. The van der Waals surface area contributed by atoms with Crippen molar-refractivity contribution in [2.45, 2.75) is 39.8 Å². The maximum atomic E-state index is 11.5. The smallest absolute Gasteiger partial charge is 0.229 e. The molecule has 2 amide bonds. The molecule has 0 fully saturated rings. The number of aryl methyl sites for hydroxylation is 1. The topological polar surface area (TPSA) is 58.2 Å². The van der Waals surface area contributed by atoms with Crippen LogP contribution in [0.3, 0.4) is 0 Å². The SMILES string of the molecule is Cc1ccc(CNC(=O)CC(=O)NC(C)C)cc1. The molecule has 0 saturated carbocycles. The third-order valence-electron chi connectivity index (χ3n) is 2.38. The summed E-state index contributed by atoms with van der Waals surface area (Å²) in [6.45, 7) is 6.19. The van der Waals surface area contributed by atoms with Gasteiger partial charge in [0.05, 0.1) is 0 Å². The van der Waals surface area contributed by atoms with Gasteiger partial charge in [0.25, 0.3) is 0 Å². The monoisotopic (exact) mass is 248 g/mol. The van der Waals surface area contributed by atoms with E-state index >= 15 is 0 Å². The van der Waals surface area contributed by atoms with Crippen LogP contribution in [0.25, 0.3) is 0 Å². The molecule has 4 heteroatoms. The van der Waals surface area contributed by atoms with Crippen molar-refractivity contribution < 1.29 is 9.59 Å². The first-order chi connectivity index (χ1) is 8.47. The number of amides is 2. The van der Waals surface area contributed by atoms with Crippen LogP contribution < -0.4 is 10.6 Å². The number of carbonyl (C=O) groups excluding carboxylic acids is 2. The van der Waals surface area contributed by atoms with Gasteiger partial charge in [-0.15, -0.1) is 0 Å². The highest BCUT2D eigenvalue weighted by Crippen LogP contribution is 2.02. The predicted molar refractivity (Wildman–Crippen MR) is 70.9 cm³/mol. The average molecular weight is 248 g/mol. The summed E-state index contributed by atoms with van der Waals surface area (Å²) in [5.74, 6) is -0.500. The number of benzene rings is 1. The third-order valence-corrected chi connectivity index (χ3v) is 2.38. The van der Waals surface area contributed by atoms with Crippen LogP contribution in [0.2, 0.25) is 0 Å². The molecule has 0 heterocycles. The minimum absolute atomic E-state index is 0.0578. The maximum absolute atomic E-state index is 11.5. The maximum Gasteiger partial charge on any atom is 0.229 e. The molecule has 0 aliphatic heterocycles. The molecule has 0 radical (unpaired) electrons. The molecule has 1 aromatic rings. The molecule has 0 bridgehead atoms. The highest BCUT2D eigenvalue weighted by Gasteiger charge is 2.09. The van der Waals surface area contributed by atoms with Gasteiger partial charge in [-0.3, -0.25) is 9.59 Å². The molecule has 0 saturated heterocycles. The zero-order valence-corrected chi connectivity index (χ0v) is 11.1. The molecule has 4 nitrogen and oxygen atoms in total. The predicted octanol–water partition coefficient (Wildman–Crippen LogP) is 1.53. The van der Waals surface area contributed by atoms with E-state index in [-0.39, 0.29) is 24.3 Å². The molecule has 2 N–H and O–H groups in total. The Labute approximate surface area is 108 Å². The molecule has 1 rings (SSSR count). The van der Waals surface area contributed by atoms with Crippen molar-refractivity contribution in [3.8, 4) is 0 Å². The molecule has 0 atom stereocenters. The number of rotatable bonds is 5. The molecule has 1 aromatic carbocycles. The Morgan fingerprint density at radius 2 is 1.72 bits per heavy atom. The van der Waals surface area contributed by atoms with Gasteiger partial charge in [-0.25, -0.2) is 0 Å². The van der Waals surface area contributed by atoms with Crippen LogP contribution in [-0.2, 0) is 16.1 Å². The van der Waals surface area contributed by atoms with E-state index in [1.54, 1.807) is 0 Å². The van der Waals surface area contributed by atoms with Crippen molar-refractivity contribution in [1.29, 1.82) is 0 Å². The molecular weight excluding hydrogens is 228 g/mol. The number of carbonyl (C=O) groups is 2. The van der Waals surface area contributed by atoms with Crippen LogP contribution in [0, 0.1) is 6.92 Å². The largest absolute Gasteiger partial charge is 0.353 e. The molecular formula is C14H20N2O2. The van der Waals surface area contributed by atoms with Gasteiger partial charge < -0.3 is 10.6 Å². The van der Waals surface area contributed by atoms with Crippen molar-refractivity contribution in [3.05, 3.63) is 35.4 Å². The Morgan fingerprint density at radius 1 is 1.11 bits per heavy atom. The second-order valence-corrected chi connectivity index (χ2v) is 4.66. The summed E-state index contributed by atoms with van der Waals surface area (Å²) in [5, 5.41) is 5.40. The van der Waals surface area contributed by atoms with Crippen LogP contribution in [0.5, 0.6) is 0 Å². The van der Waals surface area contributed by atoms with Gasteiger partial charge in [0.1, 0.15) is 6.42 Å². The standard InChI is InChI=1S/C14H20N2O2/c1-10(2)16-14(18)8-13(17)15-9-12-6-4-11(3)5-7-12/h4-7,10H,8-9H2,1-3H3,(H,15,17)(H,16,18). The molecule has 0 spiro atoms. The summed E-state index contributed by atoms with van der Waals surface area (Å²) in [7, 11) is 0. The van der Waals surface area contributed by atoms with Gasteiger partial charge in [-0.05, 0) is 26.3 Å². The summed E-state index contributed by atoms with van der Waals surface area (Å²) in [4.78, 5) is 22.9. The van der Waals surface area contributed by atoms with E-state index in [1.807, 2.05) is 45.0 Å². The van der Waals surface area contributed by atoms with E-state index in [1.165, 1.54) is 5.56 Å². The van der Waals surface area contributed by atoms with E-state index in [0.717, 1.165) is 5.56 Å². The van der Waals surface area contributed by atoms with Gasteiger partial charge >= 0.3 is 0 Å². The molecule has 0 aliphatic carbocycles. The normalized spacial score (nSPS) is 10.2. The Hall–Kier alpha value is -1.84. The molecule has 0 aromatic heterocycles. The zero-order valence-electron chi connectivity index (χ0n) is 11.1. The molecule has 0 aliphatic rings. The van der Waals surface area contributed by atoms with Gasteiger partial charge in [-0.1, -0.05) is 29.8 Å². The first kappa shape index (κ1) is 14.2. The van der Waals surface area contributed by atoms with Crippen LogP contribution in [0.15, 0.2) is 24.3 Å². The minimum Gasteiger partial charge on any atom is -0.353 e. The lowest BCUT2D eigenvalue weighted by Gasteiger charge is -2.08. The quantitative estimate of drug-likeness (QED) is 0.776. The van der Waals surface area contributed by atoms with Crippen LogP contribution in [0.4, 0.5) is 0 Å². The van der Waals surface area contributed by atoms with Crippen molar-refractivity contribution in [3.63, 3.8) is 0 Å². The number of hydrogen-bond donors (Lipinski definition) is 2. The Bertz CT molecular complexity index is 410. The Balaban J connectivity index is 2.33. The van der Waals surface area contributed by atoms with Crippen molar-refractivity contribution in [2.75, 3.05) is 0 Å². The lowest BCUT2D eigenvalue weighted by molar-refractivity contribution is -0.129. The van der Waals surface area contributed by atoms with Crippen LogP contribution >= 0.6 is 0 Å². The minimum atomic E-state index is -0.256. The van der Waals surface area contributed by atoms with Gasteiger partial charge in [0.2, 0.25) is 11.8 Å². The summed E-state index contributed by atoms with van der Waals surface area (Å²) >= 11 is 0. The fraction of sp³-hybridized carbons (Fsp3) is 0.429. The molecule has 18 heavy (non-hydrogen) atoms. The van der Waals surface area contributed by atoms with Gasteiger partial charge in [-0.2, -0.15) is 0 Å². The van der Waals surface area contributed by atoms with Crippen molar-refractivity contribution in [1.82, 2.24) is 10.6 Å². The number of hydrogen-bond acceptors (Lipinski definition) is 2. The fourth-order valence-corrected chi connectivity index (χ4v) is 1.49. The highest BCUT2D eigenvalue weighted by atomic mass is 16.2. The average Bonchev–Trinajstić information content (AvgIpc) is 2.27. The van der Waals surface area contributed by atoms with Crippen molar-refractivity contribution in [2.24, 2.45) is 0 Å². The second kappa shape index (κ2) is 6.79. The van der Waals surface area contributed by atoms with E-state index in [0.29, 0.717) is 6.54 Å². The van der Waals surface area contributed by atoms with E-state index in [4.69, 9.17) is 0 Å². The van der Waals surface area contributed by atoms with E-state index in [2.05, 4.69) is 10.6 Å². The van der Waals surface area contributed by atoms with E-state index < -0.39 is 0 Å². The first-order valence-electron chi connectivity index (χ1n) is 6.09. The lowest BCUT2D eigenvalue weighted by atomic mass is 10.1. The second-order valence-electron chi connectivity index (χ2n) is 4.66. The Morgan fingerprint density at radius 3 is 2.28 bits per heavy atom. The summed E-state index contributed by atoms with van der Waals surface area (Å²) in [6.07, 6.45) is -0.121. The molecule has 98 valence electrons. The summed E-state index contributed by atoms with van der Waals surface area (Å²) < 4.78 is 0. The van der Waals surface area contributed by atoms with Crippen molar-refractivity contribution >= 4 is 11.8 Å². The first-order valence-corrected chi connectivity index (χ1v) is 6.09. The third kappa shape index (κ3) is 5.48. The van der Waals surface area contributed by atoms with Gasteiger partial charge in [0.15, 0.2) is 0 Å². The van der Waals surface area contributed by atoms with E-state index in [9.17, 15) is 9.59 Å². The molecule has 0 unspecified atom stereocenters. The van der Waals surface area contributed by atoms with Crippen LogP contribution in [-0.4, -0.2) is 17.9 Å². The summed E-state index contributed by atoms with van der Waals surface area (Å²) in [6, 6.07) is 7.97.